The summed E-state index contributed by atoms with van der Waals surface area (Å²) in [6, 6.07) is 5.88. The molecule has 0 aliphatic heterocycles. The summed E-state index contributed by atoms with van der Waals surface area (Å²) in [7, 11) is 1.64. The number of nitrogens with two attached hydrogens (primary N) is 1. The topological polar surface area (TPSA) is 44.5 Å². The minimum absolute atomic E-state index is 0.0570. The van der Waals surface area contributed by atoms with Crippen LogP contribution >= 0.6 is 0 Å². The van der Waals surface area contributed by atoms with E-state index in [1.165, 1.54) is 0 Å². The molecule has 0 saturated carbocycles. The van der Waals surface area contributed by atoms with Crippen LogP contribution < -0.4 is 15.2 Å². The number of methoxy groups -OCH3 is 1. The average Bonchev–Trinajstić information content (AvgIpc) is 2.27. The molecular formula is C12H19NO2. The van der Waals surface area contributed by atoms with Gasteiger partial charge in [0.25, 0.3) is 0 Å². The van der Waals surface area contributed by atoms with Gasteiger partial charge < -0.3 is 15.2 Å². The van der Waals surface area contributed by atoms with Crippen LogP contribution in [0.2, 0.25) is 0 Å². The van der Waals surface area contributed by atoms with Crippen molar-refractivity contribution in [3.05, 3.63) is 23.8 Å². The van der Waals surface area contributed by atoms with Gasteiger partial charge in [0, 0.05) is 6.54 Å². The molecule has 1 rings (SSSR count). The van der Waals surface area contributed by atoms with Crippen LogP contribution in [0.1, 0.15) is 18.9 Å². The molecule has 0 amide bonds. The van der Waals surface area contributed by atoms with Crippen LogP contribution in [0.5, 0.6) is 11.5 Å². The maximum absolute atomic E-state index is 5.74. The van der Waals surface area contributed by atoms with Crippen LogP contribution in [-0.4, -0.2) is 19.8 Å². The standard InChI is InChI=1S/C12H19NO2/c1-4-10(8-13)15-11-6-5-9(2)7-12(11)14-3/h5-7,10H,4,8,13H2,1-3H3. The van der Waals surface area contributed by atoms with Crippen LogP contribution in [0.3, 0.4) is 0 Å². The van der Waals surface area contributed by atoms with Crippen molar-refractivity contribution in [3.8, 4) is 11.5 Å². The van der Waals surface area contributed by atoms with Gasteiger partial charge in [-0.15, -0.1) is 0 Å². The Hall–Kier alpha value is -1.22. The second-order valence-corrected chi connectivity index (χ2v) is 3.54. The van der Waals surface area contributed by atoms with E-state index in [1.54, 1.807) is 7.11 Å². The first kappa shape index (κ1) is 11.9. The predicted molar refractivity (Wildman–Crippen MR) is 61.5 cm³/mol. The molecule has 0 radical (unpaired) electrons. The molecule has 0 spiro atoms. The van der Waals surface area contributed by atoms with Gasteiger partial charge in [-0.05, 0) is 31.0 Å². The zero-order valence-corrected chi connectivity index (χ0v) is 9.62. The lowest BCUT2D eigenvalue weighted by molar-refractivity contribution is 0.196. The average molecular weight is 209 g/mol. The predicted octanol–water partition coefficient (Wildman–Crippen LogP) is 2.12. The van der Waals surface area contributed by atoms with E-state index in [4.69, 9.17) is 15.2 Å². The van der Waals surface area contributed by atoms with Crippen molar-refractivity contribution in [1.82, 2.24) is 0 Å². The first-order valence-electron chi connectivity index (χ1n) is 5.22. The highest BCUT2D eigenvalue weighted by molar-refractivity contribution is 5.42. The quantitative estimate of drug-likeness (QED) is 0.807. The van der Waals surface area contributed by atoms with E-state index >= 15 is 0 Å². The maximum atomic E-state index is 5.74. The molecule has 0 aromatic heterocycles. The first-order valence-corrected chi connectivity index (χ1v) is 5.22. The molecular weight excluding hydrogens is 190 g/mol. The second kappa shape index (κ2) is 5.61. The van der Waals surface area contributed by atoms with Crippen molar-refractivity contribution in [1.29, 1.82) is 0 Å². The van der Waals surface area contributed by atoms with E-state index in [-0.39, 0.29) is 6.10 Å². The maximum Gasteiger partial charge on any atom is 0.161 e. The van der Waals surface area contributed by atoms with Crippen molar-refractivity contribution in [2.24, 2.45) is 5.73 Å². The Kier molecular flexibility index (Phi) is 4.43. The Balaban J connectivity index is 2.83. The summed E-state index contributed by atoms with van der Waals surface area (Å²) in [4.78, 5) is 0. The van der Waals surface area contributed by atoms with Gasteiger partial charge in [-0.2, -0.15) is 0 Å². The number of hydrogen-bond acceptors (Lipinski definition) is 3. The fraction of sp³-hybridized carbons (Fsp3) is 0.500. The van der Waals surface area contributed by atoms with E-state index in [0.717, 1.165) is 23.5 Å². The normalized spacial score (nSPS) is 12.3. The third-order valence-corrected chi connectivity index (χ3v) is 2.33. The SMILES string of the molecule is CCC(CN)Oc1ccc(C)cc1OC. The number of ether oxygens (including phenoxy) is 2. The highest BCUT2D eigenvalue weighted by atomic mass is 16.5. The lowest BCUT2D eigenvalue weighted by Gasteiger charge is -2.17. The van der Waals surface area contributed by atoms with E-state index < -0.39 is 0 Å². The number of hydrogen-bond donors (Lipinski definition) is 1. The molecule has 3 nitrogen and oxygen atoms in total. The van der Waals surface area contributed by atoms with Gasteiger partial charge in [0.2, 0.25) is 0 Å². The molecule has 0 heterocycles. The molecule has 1 unspecified atom stereocenters. The summed E-state index contributed by atoms with van der Waals surface area (Å²) in [5, 5.41) is 0. The molecule has 1 atom stereocenters. The summed E-state index contributed by atoms with van der Waals surface area (Å²) < 4.78 is 11.0. The van der Waals surface area contributed by atoms with Crippen molar-refractivity contribution >= 4 is 0 Å². The molecule has 0 fully saturated rings. The van der Waals surface area contributed by atoms with E-state index in [0.29, 0.717) is 6.54 Å². The van der Waals surface area contributed by atoms with E-state index in [1.807, 2.05) is 25.1 Å². The van der Waals surface area contributed by atoms with Crippen molar-refractivity contribution in [3.63, 3.8) is 0 Å². The molecule has 2 N–H and O–H groups in total. The van der Waals surface area contributed by atoms with Crippen molar-refractivity contribution in [2.75, 3.05) is 13.7 Å². The van der Waals surface area contributed by atoms with Crippen molar-refractivity contribution in [2.45, 2.75) is 26.4 Å². The molecule has 1 aromatic carbocycles. The third-order valence-electron chi connectivity index (χ3n) is 2.33. The van der Waals surface area contributed by atoms with Crippen molar-refractivity contribution < 1.29 is 9.47 Å². The Morgan fingerprint density at radius 2 is 2.07 bits per heavy atom. The van der Waals surface area contributed by atoms with Gasteiger partial charge in [-0.1, -0.05) is 13.0 Å². The Bertz CT molecular complexity index is 308. The largest absolute Gasteiger partial charge is 0.493 e. The summed E-state index contributed by atoms with van der Waals surface area (Å²) in [5.74, 6) is 1.53. The molecule has 15 heavy (non-hydrogen) atoms. The van der Waals surface area contributed by atoms with Crippen LogP contribution in [0, 0.1) is 6.92 Å². The summed E-state index contributed by atoms with van der Waals surface area (Å²) in [6.07, 6.45) is 0.953. The van der Waals surface area contributed by atoms with E-state index in [9.17, 15) is 0 Å². The van der Waals surface area contributed by atoms with Gasteiger partial charge in [0.05, 0.1) is 7.11 Å². The molecule has 0 aliphatic carbocycles. The zero-order chi connectivity index (χ0) is 11.3. The summed E-state index contributed by atoms with van der Waals surface area (Å²) >= 11 is 0. The molecule has 0 bridgehead atoms. The fourth-order valence-electron chi connectivity index (χ4n) is 1.35. The highest BCUT2D eigenvalue weighted by Crippen LogP contribution is 2.28. The monoisotopic (exact) mass is 209 g/mol. The minimum atomic E-state index is 0.0570. The van der Waals surface area contributed by atoms with Crippen LogP contribution in [-0.2, 0) is 0 Å². The first-order chi connectivity index (χ1) is 7.21. The Morgan fingerprint density at radius 1 is 1.33 bits per heavy atom. The molecule has 1 aromatic rings. The minimum Gasteiger partial charge on any atom is -0.493 e. The molecule has 84 valence electrons. The van der Waals surface area contributed by atoms with Crippen LogP contribution in [0.4, 0.5) is 0 Å². The van der Waals surface area contributed by atoms with Gasteiger partial charge in [0.1, 0.15) is 6.10 Å². The molecule has 0 saturated heterocycles. The molecule has 0 aliphatic rings. The van der Waals surface area contributed by atoms with Gasteiger partial charge in [-0.25, -0.2) is 0 Å². The van der Waals surface area contributed by atoms with Gasteiger partial charge in [0.15, 0.2) is 11.5 Å². The lowest BCUT2D eigenvalue weighted by Crippen LogP contribution is -2.25. The molecule has 3 heteroatoms. The number of benzene rings is 1. The van der Waals surface area contributed by atoms with Gasteiger partial charge in [-0.3, -0.25) is 0 Å². The van der Waals surface area contributed by atoms with E-state index in [2.05, 4.69) is 6.92 Å². The smallest absolute Gasteiger partial charge is 0.161 e. The number of rotatable bonds is 5. The fourth-order valence-corrected chi connectivity index (χ4v) is 1.35. The summed E-state index contributed by atoms with van der Waals surface area (Å²) in [6.45, 7) is 4.60. The van der Waals surface area contributed by atoms with Crippen LogP contribution in [0.15, 0.2) is 18.2 Å². The second-order valence-electron chi connectivity index (χ2n) is 3.54. The van der Waals surface area contributed by atoms with Crippen LogP contribution in [0.25, 0.3) is 0 Å². The summed E-state index contributed by atoms with van der Waals surface area (Å²) in [5.41, 5.74) is 6.74. The zero-order valence-electron chi connectivity index (χ0n) is 9.62. The highest BCUT2D eigenvalue weighted by Gasteiger charge is 2.09. The third kappa shape index (κ3) is 3.13. The van der Waals surface area contributed by atoms with Gasteiger partial charge >= 0.3 is 0 Å². The lowest BCUT2D eigenvalue weighted by atomic mass is 10.2. The number of aryl methyl sites for hydroxylation is 1. The Morgan fingerprint density at radius 3 is 2.60 bits per heavy atom. The Labute approximate surface area is 91.2 Å².